The van der Waals surface area contributed by atoms with E-state index in [0.717, 1.165) is 0 Å². The first-order valence-corrected chi connectivity index (χ1v) is 6.90. The van der Waals surface area contributed by atoms with Gasteiger partial charge in [0.15, 0.2) is 5.78 Å². The number of halogens is 3. The first kappa shape index (κ1) is 15.5. The molecule has 0 aliphatic heterocycles. The van der Waals surface area contributed by atoms with Gasteiger partial charge in [-0.3, -0.25) is 4.79 Å². The molecule has 0 fully saturated rings. The minimum atomic E-state index is -0.495. The molecule has 0 atom stereocenters. The second kappa shape index (κ2) is 6.74. The summed E-state index contributed by atoms with van der Waals surface area (Å²) in [6.45, 7) is 3.79. The Morgan fingerprint density at radius 3 is 2.43 bits per heavy atom. The number of ketones is 1. The van der Waals surface area contributed by atoms with E-state index in [1.807, 2.05) is 0 Å². The molecule has 0 aromatic heterocycles. The second-order valence-electron chi connectivity index (χ2n) is 4.46. The lowest BCUT2D eigenvalue weighted by Crippen LogP contribution is -2.06. The topological polar surface area (TPSA) is 29.1 Å². The molecule has 0 radical (unpaired) electrons. The zero-order chi connectivity index (χ0) is 15.4. The number of hydrogen-bond acceptors (Lipinski definition) is 2. The normalized spacial score (nSPS) is 10.2. The minimum Gasteiger partial charge on any atom is -0.359 e. The lowest BCUT2D eigenvalue weighted by Gasteiger charge is -2.10. The van der Waals surface area contributed by atoms with Gasteiger partial charge in [0.1, 0.15) is 5.82 Å². The summed E-state index contributed by atoms with van der Waals surface area (Å²) in [6, 6.07) is 10.8. The number of anilines is 1. The van der Waals surface area contributed by atoms with Crippen LogP contribution in [0.5, 0.6) is 0 Å². The van der Waals surface area contributed by atoms with Crippen molar-refractivity contribution >= 4 is 34.7 Å². The van der Waals surface area contributed by atoms with Crippen LogP contribution in [0.25, 0.3) is 0 Å². The van der Waals surface area contributed by atoms with Gasteiger partial charge in [0.2, 0.25) is 0 Å². The van der Waals surface area contributed by atoms with E-state index in [-0.39, 0.29) is 17.2 Å². The Morgan fingerprint density at radius 2 is 1.81 bits per heavy atom. The summed E-state index contributed by atoms with van der Waals surface area (Å²) >= 11 is 11.5. The van der Waals surface area contributed by atoms with Crippen molar-refractivity contribution in [3.8, 4) is 0 Å². The Labute approximate surface area is 132 Å². The molecule has 2 nitrogen and oxygen atoms in total. The fourth-order valence-electron chi connectivity index (χ4n) is 1.75. The van der Waals surface area contributed by atoms with E-state index in [9.17, 15) is 9.18 Å². The predicted molar refractivity (Wildman–Crippen MR) is 84.6 cm³/mol. The number of Topliss-reactive ketones (excluding diaryl/α,β-unsaturated/α-hetero) is 1. The Kier molecular flexibility index (Phi) is 4.99. The lowest BCUT2D eigenvalue weighted by molar-refractivity contribution is 0.0993. The zero-order valence-corrected chi connectivity index (χ0v) is 12.5. The Hall–Kier alpha value is -1.84. The van der Waals surface area contributed by atoms with E-state index in [1.54, 1.807) is 24.3 Å². The van der Waals surface area contributed by atoms with Gasteiger partial charge in [0.25, 0.3) is 0 Å². The molecular weight excluding hydrogens is 312 g/mol. The highest BCUT2D eigenvalue weighted by Crippen LogP contribution is 2.21. The second-order valence-corrected chi connectivity index (χ2v) is 5.31. The van der Waals surface area contributed by atoms with Gasteiger partial charge in [0, 0.05) is 22.0 Å². The Balaban J connectivity index is 1.99. The number of benzene rings is 2. The maximum atomic E-state index is 13.1. The molecule has 2 rings (SSSR count). The van der Waals surface area contributed by atoms with Crippen LogP contribution < -0.4 is 5.32 Å². The van der Waals surface area contributed by atoms with Gasteiger partial charge >= 0.3 is 0 Å². The largest absolute Gasteiger partial charge is 0.359 e. The monoisotopic (exact) mass is 323 g/mol. The lowest BCUT2D eigenvalue weighted by atomic mass is 10.1. The molecule has 5 heteroatoms. The van der Waals surface area contributed by atoms with E-state index >= 15 is 0 Å². The van der Waals surface area contributed by atoms with Crippen LogP contribution in [0.15, 0.2) is 54.7 Å². The SMILES string of the molecule is C=C(CC(=O)c1ccc(Cl)cc1)Nc1ccc(F)c(Cl)c1. The standard InChI is InChI=1S/C16H12Cl2FNO/c1-10(20-13-6-7-15(19)14(18)9-13)8-16(21)11-2-4-12(17)5-3-11/h2-7,9,20H,1,8H2. The summed E-state index contributed by atoms with van der Waals surface area (Å²) in [5.41, 5.74) is 1.63. The Bertz CT molecular complexity index is 683. The highest BCUT2D eigenvalue weighted by Gasteiger charge is 2.09. The van der Waals surface area contributed by atoms with Crippen molar-refractivity contribution in [3.63, 3.8) is 0 Å². The maximum absolute atomic E-state index is 13.1. The van der Waals surface area contributed by atoms with Gasteiger partial charge in [0.05, 0.1) is 11.4 Å². The average molecular weight is 324 g/mol. The van der Waals surface area contributed by atoms with Gasteiger partial charge in [-0.25, -0.2) is 4.39 Å². The summed E-state index contributed by atoms with van der Waals surface area (Å²) in [6.07, 6.45) is 0.122. The number of rotatable bonds is 5. The molecule has 0 heterocycles. The molecule has 21 heavy (non-hydrogen) atoms. The van der Waals surface area contributed by atoms with Gasteiger partial charge < -0.3 is 5.32 Å². The van der Waals surface area contributed by atoms with Crippen molar-refractivity contribution in [2.24, 2.45) is 0 Å². The molecule has 0 bridgehead atoms. The van der Waals surface area contributed by atoms with Crippen LogP contribution in [-0.2, 0) is 0 Å². The van der Waals surface area contributed by atoms with E-state index in [0.29, 0.717) is 22.0 Å². The summed E-state index contributed by atoms with van der Waals surface area (Å²) in [5.74, 6) is -0.581. The molecule has 0 spiro atoms. The van der Waals surface area contributed by atoms with Gasteiger partial charge in [-0.15, -0.1) is 0 Å². The summed E-state index contributed by atoms with van der Waals surface area (Å²) in [4.78, 5) is 12.0. The third-order valence-electron chi connectivity index (χ3n) is 2.78. The molecule has 108 valence electrons. The van der Waals surface area contributed by atoms with Crippen LogP contribution in [0, 0.1) is 5.82 Å². The zero-order valence-electron chi connectivity index (χ0n) is 11.0. The van der Waals surface area contributed by atoms with Crippen LogP contribution in [0.3, 0.4) is 0 Å². The number of carbonyl (C=O) groups is 1. The van der Waals surface area contributed by atoms with Crippen LogP contribution in [0.4, 0.5) is 10.1 Å². The maximum Gasteiger partial charge on any atom is 0.168 e. The number of carbonyl (C=O) groups excluding carboxylic acids is 1. The molecule has 0 saturated heterocycles. The predicted octanol–water partition coefficient (Wildman–Crippen LogP) is 5.33. The van der Waals surface area contributed by atoms with Crippen LogP contribution in [0.2, 0.25) is 10.0 Å². The molecule has 0 unspecified atom stereocenters. The van der Waals surface area contributed by atoms with Gasteiger partial charge in [-0.05, 0) is 42.5 Å². The molecule has 0 aliphatic rings. The molecular formula is C16H12Cl2FNO. The van der Waals surface area contributed by atoms with E-state index in [1.165, 1.54) is 18.2 Å². The van der Waals surface area contributed by atoms with Crippen LogP contribution in [0.1, 0.15) is 16.8 Å². The fraction of sp³-hybridized carbons (Fsp3) is 0.0625. The molecule has 0 saturated carbocycles. The molecule has 1 N–H and O–H groups in total. The average Bonchev–Trinajstić information content (AvgIpc) is 2.43. The summed E-state index contributed by atoms with van der Waals surface area (Å²) in [5, 5.41) is 3.51. The van der Waals surface area contributed by atoms with Crippen LogP contribution in [-0.4, -0.2) is 5.78 Å². The third-order valence-corrected chi connectivity index (χ3v) is 3.32. The van der Waals surface area contributed by atoms with Crippen molar-refractivity contribution in [3.05, 3.63) is 76.2 Å². The van der Waals surface area contributed by atoms with Crippen molar-refractivity contribution in [1.82, 2.24) is 0 Å². The van der Waals surface area contributed by atoms with Gasteiger partial charge in [-0.2, -0.15) is 0 Å². The van der Waals surface area contributed by atoms with E-state index < -0.39 is 5.82 Å². The number of nitrogens with one attached hydrogen (secondary N) is 1. The third kappa shape index (κ3) is 4.31. The molecule has 2 aromatic rings. The smallest absolute Gasteiger partial charge is 0.168 e. The van der Waals surface area contributed by atoms with Crippen molar-refractivity contribution < 1.29 is 9.18 Å². The van der Waals surface area contributed by atoms with Gasteiger partial charge in [-0.1, -0.05) is 29.8 Å². The van der Waals surface area contributed by atoms with Crippen molar-refractivity contribution in [2.45, 2.75) is 6.42 Å². The van der Waals surface area contributed by atoms with Crippen molar-refractivity contribution in [2.75, 3.05) is 5.32 Å². The number of hydrogen-bond donors (Lipinski definition) is 1. The molecule has 2 aromatic carbocycles. The van der Waals surface area contributed by atoms with Crippen LogP contribution >= 0.6 is 23.2 Å². The van der Waals surface area contributed by atoms with Crippen molar-refractivity contribution in [1.29, 1.82) is 0 Å². The summed E-state index contributed by atoms with van der Waals surface area (Å²) < 4.78 is 13.1. The Morgan fingerprint density at radius 1 is 1.14 bits per heavy atom. The summed E-state index contributed by atoms with van der Waals surface area (Å²) in [7, 11) is 0. The van der Waals surface area contributed by atoms with E-state index in [2.05, 4.69) is 11.9 Å². The highest BCUT2D eigenvalue weighted by molar-refractivity contribution is 6.31. The van der Waals surface area contributed by atoms with E-state index in [4.69, 9.17) is 23.2 Å². The first-order valence-electron chi connectivity index (χ1n) is 6.14. The first-order chi connectivity index (χ1) is 9.95. The quantitative estimate of drug-likeness (QED) is 0.753. The highest BCUT2D eigenvalue weighted by atomic mass is 35.5. The minimum absolute atomic E-state index is 0.0110. The fourth-order valence-corrected chi connectivity index (χ4v) is 2.06. The molecule has 0 aliphatic carbocycles. The molecule has 0 amide bonds. The number of allylic oxidation sites excluding steroid dienone is 1.